The van der Waals surface area contributed by atoms with Gasteiger partial charge in [-0.3, -0.25) is 4.90 Å². The number of fused-ring (bicyclic) bond motifs is 1. The molecule has 0 saturated heterocycles. The van der Waals surface area contributed by atoms with Gasteiger partial charge in [-0.25, -0.2) is 14.6 Å². The van der Waals surface area contributed by atoms with Gasteiger partial charge in [-0.2, -0.15) is 13.2 Å². The van der Waals surface area contributed by atoms with Crippen LogP contribution in [-0.2, 0) is 17.8 Å². The zero-order valence-electron chi connectivity index (χ0n) is 15.8. The van der Waals surface area contributed by atoms with Crippen LogP contribution in [0.4, 0.5) is 19.0 Å². The van der Waals surface area contributed by atoms with Gasteiger partial charge >= 0.3 is 18.1 Å². The molecule has 3 rings (SSSR count). The van der Waals surface area contributed by atoms with E-state index >= 15 is 0 Å². The summed E-state index contributed by atoms with van der Waals surface area (Å²) in [6.07, 6.45) is 1.66. The molecule has 0 bridgehead atoms. The van der Waals surface area contributed by atoms with E-state index in [4.69, 9.17) is 9.90 Å². The van der Waals surface area contributed by atoms with Crippen molar-refractivity contribution in [2.75, 3.05) is 32.1 Å². The van der Waals surface area contributed by atoms with E-state index < -0.39 is 18.1 Å². The molecule has 1 fully saturated rings. The highest BCUT2D eigenvalue weighted by molar-refractivity contribution is 5.95. The number of anilines is 1. The summed E-state index contributed by atoms with van der Waals surface area (Å²) in [5.74, 6) is -2.21. The van der Waals surface area contributed by atoms with Gasteiger partial charge in [0, 0.05) is 39.9 Å². The minimum atomic E-state index is -5.08. The molecule has 2 N–H and O–H groups in total. The number of carbonyl (C=O) groups is 2. The molecule has 2 heterocycles. The minimum absolute atomic E-state index is 0.390. The smallest absolute Gasteiger partial charge is 0.478 e. The first-order valence-corrected chi connectivity index (χ1v) is 8.94. The quantitative estimate of drug-likeness (QED) is 0.798. The van der Waals surface area contributed by atoms with Crippen molar-refractivity contribution in [2.24, 2.45) is 5.92 Å². The van der Waals surface area contributed by atoms with Crippen LogP contribution >= 0.6 is 0 Å². The maximum atomic E-state index is 11.6. The standard InChI is InChI=1S/C16H23N3O2.C2HF3O2/c1-18(2)15-14(16(20)21)13-6-7-19(9-11-4-3-5-11)10-12(13)8-17-15;3-2(4,5)1(6)7/h8,11H,3-7,9-10H2,1-2H3,(H,20,21);(H,6,7). The Hall–Kier alpha value is -2.36. The number of aliphatic carboxylic acids is 1. The maximum Gasteiger partial charge on any atom is 0.490 e. The van der Waals surface area contributed by atoms with Crippen LogP contribution in [0.15, 0.2) is 6.20 Å². The number of nitrogens with zero attached hydrogens (tertiary/aromatic N) is 3. The third-order valence-electron chi connectivity index (χ3n) is 4.95. The summed E-state index contributed by atoms with van der Waals surface area (Å²) in [7, 11) is 3.68. The Kier molecular flexibility index (Phi) is 6.87. The fourth-order valence-corrected chi connectivity index (χ4v) is 3.35. The molecule has 156 valence electrons. The van der Waals surface area contributed by atoms with Crippen LogP contribution < -0.4 is 4.90 Å². The van der Waals surface area contributed by atoms with Crippen molar-refractivity contribution in [3.63, 3.8) is 0 Å². The second-order valence-corrected chi connectivity index (χ2v) is 7.25. The lowest BCUT2D eigenvalue weighted by Gasteiger charge is -2.35. The largest absolute Gasteiger partial charge is 0.490 e. The molecule has 1 aromatic heterocycles. The van der Waals surface area contributed by atoms with Crippen LogP contribution in [0.3, 0.4) is 0 Å². The summed E-state index contributed by atoms with van der Waals surface area (Å²) in [5, 5.41) is 16.7. The minimum Gasteiger partial charge on any atom is -0.478 e. The van der Waals surface area contributed by atoms with Gasteiger partial charge in [0.15, 0.2) is 0 Å². The van der Waals surface area contributed by atoms with E-state index in [0.717, 1.165) is 43.1 Å². The van der Waals surface area contributed by atoms with Crippen LogP contribution in [0.2, 0.25) is 0 Å². The number of carboxylic acids is 2. The van der Waals surface area contributed by atoms with E-state index in [9.17, 15) is 23.1 Å². The van der Waals surface area contributed by atoms with Gasteiger partial charge in [-0.1, -0.05) is 6.42 Å². The van der Waals surface area contributed by atoms with Crippen molar-refractivity contribution in [1.29, 1.82) is 0 Å². The van der Waals surface area contributed by atoms with Crippen molar-refractivity contribution in [3.05, 3.63) is 22.9 Å². The Morgan fingerprint density at radius 1 is 1.29 bits per heavy atom. The molecule has 0 radical (unpaired) electrons. The van der Waals surface area contributed by atoms with E-state index in [1.807, 2.05) is 20.3 Å². The second-order valence-electron chi connectivity index (χ2n) is 7.25. The van der Waals surface area contributed by atoms with Crippen LogP contribution in [0.5, 0.6) is 0 Å². The summed E-state index contributed by atoms with van der Waals surface area (Å²) in [5.41, 5.74) is 2.45. The molecule has 0 spiro atoms. The first-order chi connectivity index (χ1) is 13.0. The van der Waals surface area contributed by atoms with Gasteiger partial charge in [-0.15, -0.1) is 0 Å². The number of hydrogen-bond donors (Lipinski definition) is 2. The molecule has 1 aromatic rings. The number of carboxylic acid groups (broad SMARTS) is 2. The predicted octanol–water partition coefficient (Wildman–Crippen LogP) is 2.64. The average molecular weight is 403 g/mol. The number of rotatable bonds is 4. The summed E-state index contributed by atoms with van der Waals surface area (Å²) in [4.78, 5) is 29.1. The molecular formula is C18H24F3N3O4. The van der Waals surface area contributed by atoms with E-state index in [1.54, 1.807) is 4.90 Å². The van der Waals surface area contributed by atoms with Gasteiger partial charge in [0.25, 0.3) is 0 Å². The first-order valence-electron chi connectivity index (χ1n) is 8.94. The van der Waals surface area contributed by atoms with E-state index in [-0.39, 0.29) is 0 Å². The summed E-state index contributed by atoms with van der Waals surface area (Å²) < 4.78 is 31.7. The van der Waals surface area contributed by atoms with Crippen molar-refractivity contribution < 1.29 is 33.0 Å². The molecule has 28 heavy (non-hydrogen) atoms. The number of pyridine rings is 1. The maximum absolute atomic E-state index is 11.6. The zero-order valence-corrected chi connectivity index (χ0v) is 15.8. The van der Waals surface area contributed by atoms with E-state index in [1.165, 1.54) is 19.3 Å². The zero-order chi connectivity index (χ0) is 21.1. The number of halogens is 3. The first kappa shape index (κ1) is 21.9. The summed E-state index contributed by atoms with van der Waals surface area (Å²) in [6.45, 7) is 2.95. The molecule has 0 unspecified atom stereocenters. The summed E-state index contributed by atoms with van der Waals surface area (Å²) in [6, 6.07) is 0. The van der Waals surface area contributed by atoms with Crippen LogP contribution in [0, 0.1) is 5.92 Å². The molecular weight excluding hydrogens is 379 g/mol. The Bertz CT molecular complexity index is 734. The number of hydrogen-bond acceptors (Lipinski definition) is 5. The lowest BCUT2D eigenvalue weighted by atomic mass is 9.84. The molecule has 0 atom stereocenters. The molecule has 0 amide bonds. The molecule has 2 aliphatic rings. The highest BCUT2D eigenvalue weighted by Gasteiger charge is 2.38. The Morgan fingerprint density at radius 2 is 1.89 bits per heavy atom. The molecule has 1 aliphatic carbocycles. The highest BCUT2D eigenvalue weighted by Crippen LogP contribution is 2.31. The molecule has 1 aliphatic heterocycles. The van der Waals surface area contributed by atoms with Gasteiger partial charge in [0.1, 0.15) is 11.4 Å². The monoisotopic (exact) mass is 403 g/mol. The highest BCUT2D eigenvalue weighted by atomic mass is 19.4. The normalized spacial score (nSPS) is 17.0. The van der Waals surface area contributed by atoms with Crippen molar-refractivity contribution in [1.82, 2.24) is 9.88 Å². The fourth-order valence-electron chi connectivity index (χ4n) is 3.35. The van der Waals surface area contributed by atoms with Gasteiger partial charge in [0.05, 0.1) is 0 Å². The van der Waals surface area contributed by atoms with Gasteiger partial charge in [-0.05, 0) is 36.3 Å². The average Bonchev–Trinajstić information content (AvgIpc) is 2.56. The predicted molar refractivity (Wildman–Crippen MR) is 95.5 cm³/mol. The van der Waals surface area contributed by atoms with Crippen molar-refractivity contribution in [3.8, 4) is 0 Å². The fraction of sp³-hybridized carbons (Fsp3) is 0.611. The SMILES string of the molecule is CN(C)c1ncc2c(c1C(=O)O)CCN(CC1CCC1)C2.O=C(O)C(F)(F)F. The van der Waals surface area contributed by atoms with E-state index in [2.05, 4.69) is 9.88 Å². The number of alkyl halides is 3. The third-order valence-corrected chi connectivity index (χ3v) is 4.95. The Labute approximate surface area is 160 Å². The van der Waals surface area contributed by atoms with Gasteiger partial charge in [0.2, 0.25) is 0 Å². The van der Waals surface area contributed by atoms with Crippen molar-refractivity contribution >= 4 is 17.8 Å². The Balaban J connectivity index is 0.000000345. The van der Waals surface area contributed by atoms with Crippen LogP contribution in [0.25, 0.3) is 0 Å². The van der Waals surface area contributed by atoms with Gasteiger partial charge < -0.3 is 15.1 Å². The third kappa shape index (κ3) is 5.34. The molecule has 0 aromatic carbocycles. The lowest BCUT2D eigenvalue weighted by molar-refractivity contribution is -0.192. The molecule has 7 nitrogen and oxygen atoms in total. The lowest BCUT2D eigenvalue weighted by Crippen LogP contribution is -2.37. The molecule has 10 heteroatoms. The van der Waals surface area contributed by atoms with Crippen molar-refractivity contribution in [2.45, 2.75) is 38.4 Å². The number of aromatic nitrogens is 1. The molecule has 1 saturated carbocycles. The van der Waals surface area contributed by atoms with Crippen LogP contribution in [-0.4, -0.2) is 65.4 Å². The topological polar surface area (TPSA) is 94.0 Å². The summed E-state index contributed by atoms with van der Waals surface area (Å²) >= 11 is 0. The Morgan fingerprint density at radius 3 is 2.32 bits per heavy atom. The second kappa shape index (κ2) is 8.76. The van der Waals surface area contributed by atoms with Crippen LogP contribution in [0.1, 0.15) is 40.7 Å². The van der Waals surface area contributed by atoms with E-state index in [0.29, 0.717) is 11.4 Å². The number of aromatic carboxylic acids is 1.